The van der Waals surface area contributed by atoms with Gasteiger partial charge in [-0.2, -0.15) is 4.31 Å². The minimum atomic E-state index is -3.56. The molecule has 0 atom stereocenters. The highest BCUT2D eigenvalue weighted by atomic mass is 32.2. The molecule has 1 fully saturated rings. The Kier molecular flexibility index (Phi) is 10.6. The van der Waals surface area contributed by atoms with Crippen LogP contribution in [0.15, 0.2) is 48.5 Å². The number of amides is 3. The lowest BCUT2D eigenvalue weighted by Crippen LogP contribution is -2.52. The number of hydrogen-bond acceptors (Lipinski definition) is 6. The number of nitrogens with one attached hydrogen (secondary N) is 1. The Morgan fingerprint density at radius 3 is 2.20 bits per heavy atom. The van der Waals surface area contributed by atoms with E-state index in [1.165, 1.54) is 28.6 Å². The van der Waals surface area contributed by atoms with Gasteiger partial charge in [0.2, 0.25) is 15.9 Å². The number of hydrogen-bond donors (Lipinski definition) is 1. The molecular weight excluding hydrogens is 534 g/mol. The molecule has 11 nitrogen and oxygen atoms in total. The molecule has 12 heteroatoms. The summed E-state index contributed by atoms with van der Waals surface area (Å²) in [4.78, 5) is 40.3. The Morgan fingerprint density at radius 2 is 1.68 bits per heavy atom. The zero-order valence-electron chi connectivity index (χ0n) is 23.6. The number of anilines is 1. The van der Waals surface area contributed by atoms with E-state index < -0.39 is 14.9 Å². The SMILES string of the molecule is CCS(=O)(=O)N(CC(=O)N(Cc1ccc(C)cc1)C1CCN(C(=O)Nc2ccc([N+](=O)[O-])cc2)CC1)CC(C)C. The Labute approximate surface area is 236 Å². The summed E-state index contributed by atoms with van der Waals surface area (Å²) in [5.41, 5.74) is 2.45. The van der Waals surface area contributed by atoms with Crippen LogP contribution in [0.5, 0.6) is 0 Å². The molecule has 1 aliphatic rings. The number of nitro benzene ring substituents is 1. The van der Waals surface area contributed by atoms with Gasteiger partial charge in [0.1, 0.15) is 0 Å². The van der Waals surface area contributed by atoms with Crippen molar-refractivity contribution in [3.63, 3.8) is 0 Å². The third kappa shape index (κ3) is 8.49. The molecular formula is C28H39N5O6S. The summed E-state index contributed by atoms with van der Waals surface area (Å²) in [6, 6.07) is 13.0. The lowest BCUT2D eigenvalue weighted by Gasteiger charge is -2.39. The fraction of sp³-hybridized carbons (Fsp3) is 0.500. The van der Waals surface area contributed by atoms with Gasteiger partial charge >= 0.3 is 6.03 Å². The third-order valence-electron chi connectivity index (χ3n) is 6.95. The number of carbonyl (C=O) groups is 2. The molecule has 0 radical (unpaired) electrons. The maximum absolute atomic E-state index is 13.7. The van der Waals surface area contributed by atoms with E-state index in [1.807, 2.05) is 45.0 Å². The van der Waals surface area contributed by atoms with Crippen LogP contribution in [0.1, 0.15) is 44.7 Å². The average Bonchev–Trinajstić information content (AvgIpc) is 2.92. The summed E-state index contributed by atoms with van der Waals surface area (Å²) >= 11 is 0. The number of piperidine rings is 1. The van der Waals surface area contributed by atoms with Crippen LogP contribution in [0.2, 0.25) is 0 Å². The highest BCUT2D eigenvalue weighted by Crippen LogP contribution is 2.22. The first-order chi connectivity index (χ1) is 18.9. The number of nitro groups is 1. The van der Waals surface area contributed by atoms with Gasteiger partial charge in [-0.25, -0.2) is 13.2 Å². The van der Waals surface area contributed by atoms with Crippen LogP contribution < -0.4 is 5.32 Å². The predicted octanol–water partition coefficient (Wildman–Crippen LogP) is 4.24. The summed E-state index contributed by atoms with van der Waals surface area (Å²) in [7, 11) is -3.56. The van der Waals surface area contributed by atoms with E-state index in [9.17, 15) is 28.1 Å². The monoisotopic (exact) mass is 573 g/mol. The molecule has 0 unspecified atom stereocenters. The second-order valence-electron chi connectivity index (χ2n) is 10.5. The fourth-order valence-electron chi connectivity index (χ4n) is 4.67. The van der Waals surface area contributed by atoms with Crippen LogP contribution in [0.3, 0.4) is 0 Å². The van der Waals surface area contributed by atoms with Crippen molar-refractivity contribution in [2.75, 3.05) is 37.2 Å². The summed E-state index contributed by atoms with van der Waals surface area (Å²) in [5.74, 6) is -0.267. The van der Waals surface area contributed by atoms with E-state index in [0.29, 0.717) is 38.2 Å². The maximum Gasteiger partial charge on any atom is 0.321 e. The molecule has 0 aliphatic carbocycles. The quantitative estimate of drug-likeness (QED) is 0.316. The first kappa shape index (κ1) is 31.0. The highest BCUT2D eigenvalue weighted by molar-refractivity contribution is 7.89. The van der Waals surface area contributed by atoms with Crippen molar-refractivity contribution >= 4 is 33.3 Å². The molecule has 0 saturated carbocycles. The van der Waals surface area contributed by atoms with Gasteiger partial charge in [0.25, 0.3) is 5.69 Å². The standard InChI is InChI=1S/C28H39N5O6S/c1-5-40(38,39)31(18-21(2)3)20-27(34)32(19-23-8-6-22(4)7-9-23)25-14-16-30(17-15-25)28(35)29-24-10-12-26(13-11-24)33(36)37/h6-13,21,25H,5,14-20H2,1-4H3,(H,29,35). The van der Waals surface area contributed by atoms with Gasteiger partial charge in [-0.15, -0.1) is 0 Å². The van der Waals surface area contributed by atoms with Gasteiger partial charge in [-0.3, -0.25) is 14.9 Å². The molecule has 1 N–H and O–H groups in total. The van der Waals surface area contributed by atoms with E-state index in [0.717, 1.165) is 11.1 Å². The van der Waals surface area contributed by atoms with E-state index in [-0.39, 0.29) is 48.4 Å². The number of urea groups is 1. The molecule has 2 aromatic carbocycles. The number of likely N-dealkylation sites (tertiary alicyclic amines) is 1. The Balaban J connectivity index is 1.72. The van der Waals surface area contributed by atoms with Crippen molar-refractivity contribution < 1.29 is 22.9 Å². The van der Waals surface area contributed by atoms with Gasteiger partial charge in [-0.05, 0) is 50.3 Å². The van der Waals surface area contributed by atoms with E-state index in [2.05, 4.69) is 5.32 Å². The molecule has 40 heavy (non-hydrogen) atoms. The molecule has 0 spiro atoms. The highest BCUT2D eigenvalue weighted by Gasteiger charge is 2.32. The Hall–Kier alpha value is -3.51. The van der Waals surface area contributed by atoms with Crippen molar-refractivity contribution in [1.82, 2.24) is 14.1 Å². The first-order valence-corrected chi connectivity index (χ1v) is 15.1. The average molecular weight is 574 g/mol. The van der Waals surface area contributed by atoms with E-state index in [1.54, 1.807) is 16.7 Å². The van der Waals surface area contributed by atoms with Gasteiger partial charge in [-0.1, -0.05) is 43.7 Å². The second-order valence-corrected chi connectivity index (χ2v) is 12.8. The van der Waals surface area contributed by atoms with Crippen LogP contribution in [-0.2, 0) is 21.4 Å². The zero-order chi connectivity index (χ0) is 29.4. The lowest BCUT2D eigenvalue weighted by molar-refractivity contribution is -0.384. The molecule has 1 aliphatic heterocycles. The minimum absolute atomic E-state index is 0.0594. The number of sulfonamides is 1. The predicted molar refractivity (Wildman–Crippen MR) is 154 cm³/mol. The zero-order valence-corrected chi connectivity index (χ0v) is 24.4. The van der Waals surface area contributed by atoms with Gasteiger partial charge in [0, 0.05) is 50.0 Å². The molecule has 3 rings (SSSR count). The topological polar surface area (TPSA) is 133 Å². The van der Waals surface area contributed by atoms with Crippen molar-refractivity contribution in [3.05, 3.63) is 69.8 Å². The summed E-state index contributed by atoms with van der Waals surface area (Å²) in [5, 5.41) is 13.6. The van der Waals surface area contributed by atoms with E-state index in [4.69, 9.17) is 0 Å². The largest absolute Gasteiger partial charge is 0.334 e. The second kappa shape index (κ2) is 13.7. The lowest BCUT2D eigenvalue weighted by atomic mass is 10.0. The third-order valence-corrected chi connectivity index (χ3v) is 8.75. The number of rotatable bonds is 11. The Morgan fingerprint density at radius 1 is 1.07 bits per heavy atom. The molecule has 3 amide bonds. The van der Waals surface area contributed by atoms with Crippen LogP contribution in [-0.4, -0.2) is 77.4 Å². The summed E-state index contributed by atoms with van der Waals surface area (Å²) in [6.45, 7) is 8.61. The number of aryl methyl sites for hydroxylation is 1. The minimum Gasteiger partial charge on any atom is -0.334 e. The number of carbonyl (C=O) groups excluding carboxylic acids is 2. The van der Waals surface area contributed by atoms with Gasteiger partial charge in [0.15, 0.2) is 0 Å². The number of benzene rings is 2. The van der Waals surface area contributed by atoms with Crippen LogP contribution in [0, 0.1) is 23.0 Å². The van der Waals surface area contributed by atoms with Crippen molar-refractivity contribution in [2.24, 2.45) is 5.92 Å². The molecule has 2 aromatic rings. The maximum atomic E-state index is 13.7. The summed E-state index contributed by atoms with van der Waals surface area (Å²) < 4.78 is 26.8. The normalized spacial score (nSPS) is 14.4. The Bertz CT molecular complexity index is 1270. The van der Waals surface area contributed by atoms with Crippen LogP contribution in [0.4, 0.5) is 16.2 Å². The first-order valence-electron chi connectivity index (χ1n) is 13.5. The van der Waals surface area contributed by atoms with Gasteiger partial charge < -0.3 is 15.1 Å². The van der Waals surface area contributed by atoms with Crippen molar-refractivity contribution in [3.8, 4) is 0 Å². The van der Waals surface area contributed by atoms with Crippen molar-refractivity contribution in [2.45, 2.75) is 53.1 Å². The van der Waals surface area contributed by atoms with Crippen LogP contribution >= 0.6 is 0 Å². The summed E-state index contributed by atoms with van der Waals surface area (Å²) in [6.07, 6.45) is 1.08. The smallest absolute Gasteiger partial charge is 0.321 e. The van der Waals surface area contributed by atoms with E-state index >= 15 is 0 Å². The number of non-ortho nitro benzene ring substituents is 1. The molecule has 1 heterocycles. The number of nitrogens with zero attached hydrogens (tertiary/aromatic N) is 4. The van der Waals surface area contributed by atoms with Crippen LogP contribution in [0.25, 0.3) is 0 Å². The van der Waals surface area contributed by atoms with Crippen molar-refractivity contribution in [1.29, 1.82) is 0 Å². The molecule has 0 aromatic heterocycles. The molecule has 1 saturated heterocycles. The van der Waals surface area contributed by atoms with Gasteiger partial charge in [0.05, 0.1) is 17.2 Å². The molecule has 0 bridgehead atoms. The fourth-order valence-corrected chi connectivity index (χ4v) is 5.87. The molecule has 218 valence electrons.